The summed E-state index contributed by atoms with van der Waals surface area (Å²) in [5.74, 6) is 0.516. The van der Waals surface area contributed by atoms with E-state index in [1.165, 1.54) is 0 Å². The molecule has 2 aromatic rings. The number of ether oxygens (including phenoxy) is 1. The van der Waals surface area contributed by atoms with Crippen molar-refractivity contribution < 1.29 is 14.3 Å². The number of hydrogen-bond donors (Lipinski definition) is 3. The minimum absolute atomic E-state index is 0.0117. The molecular formula is C24H31N3O3. The number of benzene rings is 2. The van der Waals surface area contributed by atoms with Crippen molar-refractivity contribution in [2.24, 2.45) is 0 Å². The summed E-state index contributed by atoms with van der Waals surface area (Å²) in [4.78, 5) is 24.3. The molecule has 2 amide bonds. The predicted molar refractivity (Wildman–Crippen MR) is 123 cm³/mol. The van der Waals surface area contributed by atoms with Crippen LogP contribution < -0.4 is 20.7 Å². The minimum Gasteiger partial charge on any atom is -0.489 e. The minimum atomic E-state index is -0.185. The first-order chi connectivity index (χ1) is 14.5. The lowest BCUT2D eigenvalue weighted by atomic mass is 10.2. The van der Waals surface area contributed by atoms with Crippen molar-refractivity contribution in [2.45, 2.75) is 39.5 Å². The van der Waals surface area contributed by atoms with Crippen molar-refractivity contribution in [3.05, 3.63) is 60.7 Å². The number of hydrogen-bond acceptors (Lipinski definition) is 4. The highest BCUT2D eigenvalue weighted by Crippen LogP contribution is 2.18. The zero-order chi connectivity index (χ0) is 21.8. The summed E-state index contributed by atoms with van der Waals surface area (Å²) < 4.78 is 5.61. The Morgan fingerprint density at radius 1 is 0.933 bits per heavy atom. The van der Waals surface area contributed by atoms with Gasteiger partial charge in [-0.2, -0.15) is 0 Å². The van der Waals surface area contributed by atoms with E-state index in [0.29, 0.717) is 30.2 Å². The molecule has 0 heterocycles. The fourth-order valence-electron chi connectivity index (χ4n) is 2.72. The van der Waals surface area contributed by atoms with E-state index in [1.54, 1.807) is 18.2 Å². The number of amides is 2. The van der Waals surface area contributed by atoms with Crippen molar-refractivity contribution in [1.29, 1.82) is 0 Å². The normalized spacial score (nSPS) is 10.2. The lowest BCUT2D eigenvalue weighted by Crippen LogP contribution is -2.21. The van der Waals surface area contributed by atoms with Crippen LogP contribution in [0, 0.1) is 0 Å². The topological polar surface area (TPSA) is 79.5 Å². The summed E-state index contributed by atoms with van der Waals surface area (Å²) in [5.41, 5.74) is 3.03. The van der Waals surface area contributed by atoms with Crippen molar-refractivity contribution in [1.82, 2.24) is 0 Å². The lowest BCUT2D eigenvalue weighted by molar-refractivity contribution is -0.116. The van der Waals surface area contributed by atoms with Gasteiger partial charge >= 0.3 is 0 Å². The van der Waals surface area contributed by atoms with E-state index >= 15 is 0 Å². The maximum absolute atomic E-state index is 12.3. The smallest absolute Gasteiger partial charge is 0.243 e. The first kappa shape index (κ1) is 23.0. The third-order valence-corrected chi connectivity index (χ3v) is 4.21. The average molecular weight is 410 g/mol. The molecule has 0 fully saturated rings. The molecular weight excluding hydrogens is 378 g/mol. The Bertz CT molecular complexity index is 864. The highest BCUT2D eigenvalue weighted by atomic mass is 16.5. The van der Waals surface area contributed by atoms with Gasteiger partial charge in [0.15, 0.2) is 0 Å². The van der Waals surface area contributed by atoms with Gasteiger partial charge in [-0.25, -0.2) is 0 Å². The number of carbonyl (C=O) groups is 2. The van der Waals surface area contributed by atoms with Crippen molar-refractivity contribution in [3.63, 3.8) is 0 Å². The van der Waals surface area contributed by atoms with E-state index in [1.807, 2.05) is 37.3 Å². The van der Waals surface area contributed by atoms with E-state index in [2.05, 4.69) is 29.5 Å². The van der Waals surface area contributed by atoms with Crippen LogP contribution in [-0.4, -0.2) is 25.0 Å². The average Bonchev–Trinajstić information content (AvgIpc) is 2.71. The van der Waals surface area contributed by atoms with Gasteiger partial charge in [-0.15, -0.1) is 0 Å². The Morgan fingerprint density at radius 2 is 1.60 bits per heavy atom. The molecule has 6 heteroatoms. The largest absolute Gasteiger partial charge is 0.489 e. The lowest BCUT2D eigenvalue weighted by Gasteiger charge is -2.11. The number of carbonyl (C=O) groups excluding carboxylic acids is 2. The monoisotopic (exact) mass is 409 g/mol. The highest BCUT2D eigenvalue weighted by Gasteiger charge is 2.06. The van der Waals surface area contributed by atoms with Crippen LogP contribution in [-0.2, 0) is 9.59 Å². The van der Waals surface area contributed by atoms with Gasteiger partial charge in [-0.05, 0) is 49.2 Å². The standard InChI is InChI=1S/C24H31N3O3/c1-4-5-6-13-23(28)26-20-10-7-11-21(14-20)27-24(29)16-25-19-9-8-12-22(15-19)30-17-18(2)3/h7-12,14-15,25H,2,4-6,13,16-17H2,1,3H3,(H,26,28)(H,27,29). The molecule has 3 N–H and O–H groups in total. The van der Waals surface area contributed by atoms with Crippen LogP contribution >= 0.6 is 0 Å². The van der Waals surface area contributed by atoms with Crippen molar-refractivity contribution in [2.75, 3.05) is 29.1 Å². The summed E-state index contributed by atoms with van der Waals surface area (Å²) in [7, 11) is 0. The van der Waals surface area contributed by atoms with Crippen LogP contribution in [0.25, 0.3) is 0 Å². The summed E-state index contributed by atoms with van der Waals surface area (Å²) in [6, 6.07) is 14.6. The SMILES string of the molecule is C=C(C)COc1cccc(NCC(=O)Nc2cccc(NC(=O)CCCCC)c2)c1. The maximum Gasteiger partial charge on any atom is 0.243 e. The third kappa shape index (κ3) is 8.82. The summed E-state index contributed by atoms with van der Waals surface area (Å²) in [6.45, 7) is 8.38. The van der Waals surface area contributed by atoms with E-state index in [9.17, 15) is 9.59 Å². The molecule has 0 radical (unpaired) electrons. The molecule has 6 nitrogen and oxygen atoms in total. The van der Waals surface area contributed by atoms with E-state index in [0.717, 1.165) is 30.5 Å². The molecule has 0 saturated carbocycles. The molecule has 2 aromatic carbocycles. The Balaban J connectivity index is 1.83. The third-order valence-electron chi connectivity index (χ3n) is 4.21. The van der Waals surface area contributed by atoms with Gasteiger partial charge in [-0.3, -0.25) is 9.59 Å². The zero-order valence-corrected chi connectivity index (χ0v) is 17.8. The van der Waals surface area contributed by atoms with Crippen LogP contribution in [0.15, 0.2) is 60.7 Å². The fraction of sp³-hybridized carbons (Fsp3) is 0.333. The second kappa shape index (κ2) is 12.3. The highest BCUT2D eigenvalue weighted by molar-refractivity contribution is 5.95. The van der Waals surface area contributed by atoms with Gasteiger partial charge in [0.25, 0.3) is 0 Å². The first-order valence-corrected chi connectivity index (χ1v) is 10.3. The number of anilines is 3. The molecule has 0 unspecified atom stereocenters. The molecule has 0 aromatic heterocycles. The van der Waals surface area contributed by atoms with Crippen LogP contribution in [0.3, 0.4) is 0 Å². The Morgan fingerprint density at radius 3 is 2.30 bits per heavy atom. The molecule has 0 aliphatic heterocycles. The van der Waals surface area contributed by atoms with Gasteiger partial charge in [0.2, 0.25) is 11.8 Å². The molecule has 0 atom stereocenters. The summed E-state index contributed by atoms with van der Waals surface area (Å²) >= 11 is 0. The molecule has 0 aliphatic carbocycles. The van der Waals surface area contributed by atoms with E-state index in [4.69, 9.17) is 4.74 Å². The van der Waals surface area contributed by atoms with Gasteiger partial charge < -0.3 is 20.7 Å². The fourth-order valence-corrected chi connectivity index (χ4v) is 2.72. The predicted octanol–water partition coefficient (Wildman–Crippen LogP) is 5.21. The van der Waals surface area contributed by atoms with Crippen LogP contribution in [0.4, 0.5) is 17.1 Å². The molecule has 30 heavy (non-hydrogen) atoms. The zero-order valence-electron chi connectivity index (χ0n) is 17.8. The number of unbranched alkanes of at least 4 members (excludes halogenated alkanes) is 2. The van der Waals surface area contributed by atoms with Gasteiger partial charge in [-0.1, -0.05) is 38.5 Å². The second-order valence-corrected chi connectivity index (χ2v) is 7.26. The van der Waals surface area contributed by atoms with Gasteiger partial charge in [0.1, 0.15) is 12.4 Å². The number of rotatable bonds is 12. The first-order valence-electron chi connectivity index (χ1n) is 10.3. The number of nitrogens with one attached hydrogen (secondary N) is 3. The Kier molecular flexibility index (Phi) is 9.45. The van der Waals surface area contributed by atoms with E-state index < -0.39 is 0 Å². The van der Waals surface area contributed by atoms with Crippen LogP contribution in [0.2, 0.25) is 0 Å². The molecule has 160 valence electrons. The van der Waals surface area contributed by atoms with Crippen LogP contribution in [0.5, 0.6) is 5.75 Å². The molecule has 0 saturated heterocycles. The van der Waals surface area contributed by atoms with E-state index in [-0.39, 0.29) is 18.4 Å². The van der Waals surface area contributed by atoms with Gasteiger partial charge in [0.05, 0.1) is 6.54 Å². The van der Waals surface area contributed by atoms with Gasteiger partial charge in [0, 0.05) is 29.5 Å². The maximum atomic E-state index is 12.3. The Labute approximate surface area is 178 Å². The van der Waals surface area contributed by atoms with Crippen molar-refractivity contribution in [3.8, 4) is 5.75 Å². The molecule has 0 aliphatic rings. The molecule has 2 rings (SSSR count). The Hall–Kier alpha value is -3.28. The summed E-state index contributed by atoms with van der Waals surface area (Å²) in [5, 5.41) is 8.79. The summed E-state index contributed by atoms with van der Waals surface area (Å²) in [6.07, 6.45) is 3.50. The molecule has 0 spiro atoms. The van der Waals surface area contributed by atoms with Crippen molar-refractivity contribution >= 4 is 28.9 Å². The molecule has 0 bridgehead atoms. The van der Waals surface area contributed by atoms with Crippen LogP contribution in [0.1, 0.15) is 39.5 Å². The quantitative estimate of drug-likeness (QED) is 0.332. The second-order valence-electron chi connectivity index (χ2n) is 7.26.